The SMILES string of the molecule is CC[C@H](O)[C@@H]1C[C@@H](CC(=O)O)CO1. The van der Waals surface area contributed by atoms with Crippen LogP contribution in [0.3, 0.4) is 0 Å². The Morgan fingerprint density at radius 3 is 2.92 bits per heavy atom. The highest BCUT2D eigenvalue weighted by Crippen LogP contribution is 2.25. The van der Waals surface area contributed by atoms with Crippen molar-refractivity contribution >= 4 is 5.97 Å². The van der Waals surface area contributed by atoms with Crippen LogP contribution >= 0.6 is 0 Å². The van der Waals surface area contributed by atoms with E-state index >= 15 is 0 Å². The number of carboxylic acid groups (broad SMARTS) is 1. The molecule has 4 nitrogen and oxygen atoms in total. The predicted octanol–water partition coefficient (Wildman–Crippen LogP) is 0.637. The fraction of sp³-hybridized carbons (Fsp3) is 0.889. The van der Waals surface area contributed by atoms with Crippen molar-refractivity contribution in [2.75, 3.05) is 6.61 Å². The molecule has 0 aromatic carbocycles. The van der Waals surface area contributed by atoms with Crippen LogP contribution in [0.15, 0.2) is 0 Å². The Labute approximate surface area is 77.5 Å². The molecular weight excluding hydrogens is 172 g/mol. The fourth-order valence-corrected chi connectivity index (χ4v) is 1.64. The molecule has 76 valence electrons. The van der Waals surface area contributed by atoms with Gasteiger partial charge in [0.2, 0.25) is 0 Å². The van der Waals surface area contributed by atoms with Crippen molar-refractivity contribution in [3.05, 3.63) is 0 Å². The third-order valence-electron chi connectivity index (χ3n) is 2.42. The minimum atomic E-state index is -0.791. The van der Waals surface area contributed by atoms with Crippen LogP contribution in [0.4, 0.5) is 0 Å². The maximum Gasteiger partial charge on any atom is 0.303 e. The smallest absolute Gasteiger partial charge is 0.303 e. The van der Waals surface area contributed by atoms with Gasteiger partial charge in [-0.1, -0.05) is 6.92 Å². The first-order valence-electron chi connectivity index (χ1n) is 4.65. The Morgan fingerprint density at radius 1 is 1.69 bits per heavy atom. The van der Waals surface area contributed by atoms with E-state index in [2.05, 4.69) is 0 Å². The minimum Gasteiger partial charge on any atom is -0.481 e. The predicted molar refractivity (Wildman–Crippen MR) is 46.4 cm³/mol. The zero-order valence-electron chi connectivity index (χ0n) is 7.77. The molecule has 2 N–H and O–H groups in total. The average Bonchev–Trinajstić information content (AvgIpc) is 2.50. The maximum atomic E-state index is 10.4. The first-order chi connectivity index (χ1) is 6.13. The number of hydrogen-bond acceptors (Lipinski definition) is 3. The number of hydrogen-bond donors (Lipinski definition) is 2. The molecule has 0 aliphatic carbocycles. The second-order valence-electron chi connectivity index (χ2n) is 3.55. The van der Waals surface area contributed by atoms with Crippen molar-refractivity contribution in [3.8, 4) is 0 Å². The molecule has 1 aliphatic rings. The summed E-state index contributed by atoms with van der Waals surface area (Å²) < 4.78 is 5.31. The topological polar surface area (TPSA) is 66.8 Å². The van der Waals surface area contributed by atoms with E-state index in [-0.39, 0.29) is 18.4 Å². The molecule has 1 rings (SSSR count). The highest BCUT2D eigenvalue weighted by atomic mass is 16.5. The number of rotatable bonds is 4. The molecule has 0 spiro atoms. The van der Waals surface area contributed by atoms with Gasteiger partial charge in [0.1, 0.15) is 0 Å². The summed E-state index contributed by atoms with van der Waals surface area (Å²) in [6.07, 6.45) is 0.867. The van der Waals surface area contributed by atoms with Crippen LogP contribution in [-0.4, -0.2) is 35.0 Å². The van der Waals surface area contributed by atoms with E-state index in [4.69, 9.17) is 9.84 Å². The Bertz CT molecular complexity index is 180. The summed E-state index contributed by atoms with van der Waals surface area (Å²) in [6.45, 7) is 2.35. The van der Waals surface area contributed by atoms with Crippen molar-refractivity contribution in [3.63, 3.8) is 0 Å². The van der Waals surface area contributed by atoms with Crippen LogP contribution in [0.2, 0.25) is 0 Å². The fourth-order valence-electron chi connectivity index (χ4n) is 1.64. The van der Waals surface area contributed by atoms with Crippen LogP contribution in [0.25, 0.3) is 0 Å². The van der Waals surface area contributed by atoms with Crippen molar-refractivity contribution in [1.82, 2.24) is 0 Å². The number of carboxylic acids is 1. The van der Waals surface area contributed by atoms with Crippen LogP contribution in [0, 0.1) is 5.92 Å². The molecule has 0 bridgehead atoms. The van der Waals surface area contributed by atoms with Crippen molar-refractivity contribution in [2.45, 2.75) is 38.4 Å². The Kier molecular flexibility index (Phi) is 3.69. The third kappa shape index (κ3) is 2.97. The highest BCUT2D eigenvalue weighted by Gasteiger charge is 2.30. The summed E-state index contributed by atoms with van der Waals surface area (Å²) >= 11 is 0. The molecule has 0 unspecified atom stereocenters. The molecular formula is C9H16O4. The maximum absolute atomic E-state index is 10.4. The zero-order valence-corrected chi connectivity index (χ0v) is 7.77. The van der Waals surface area contributed by atoms with Gasteiger partial charge >= 0.3 is 5.97 Å². The minimum absolute atomic E-state index is 0.0729. The number of aliphatic carboxylic acids is 1. The number of aliphatic hydroxyl groups is 1. The third-order valence-corrected chi connectivity index (χ3v) is 2.42. The van der Waals surface area contributed by atoms with E-state index in [1.165, 1.54) is 0 Å². The summed E-state index contributed by atoms with van der Waals surface area (Å²) in [5.74, 6) is -0.719. The Morgan fingerprint density at radius 2 is 2.38 bits per heavy atom. The summed E-state index contributed by atoms with van der Waals surface area (Å²) in [5.41, 5.74) is 0. The van der Waals surface area contributed by atoms with Gasteiger partial charge in [-0.3, -0.25) is 4.79 Å². The molecule has 0 saturated carbocycles. The van der Waals surface area contributed by atoms with Crippen LogP contribution in [0.5, 0.6) is 0 Å². The molecule has 3 atom stereocenters. The molecule has 1 saturated heterocycles. The second-order valence-corrected chi connectivity index (χ2v) is 3.55. The first-order valence-corrected chi connectivity index (χ1v) is 4.65. The summed E-state index contributed by atoms with van der Waals surface area (Å²) in [6, 6.07) is 0. The molecule has 0 radical (unpaired) electrons. The monoisotopic (exact) mass is 188 g/mol. The first kappa shape index (κ1) is 10.5. The lowest BCUT2D eigenvalue weighted by molar-refractivity contribution is -0.138. The second kappa shape index (κ2) is 4.58. The van der Waals surface area contributed by atoms with Crippen LogP contribution in [0.1, 0.15) is 26.2 Å². The normalized spacial score (nSPS) is 30.3. The number of ether oxygens (including phenoxy) is 1. The average molecular weight is 188 g/mol. The van der Waals surface area contributed by atoms with Crippen molar-refractivity contribution < 1.29 is 19.7 Å². The van der Waals surface area contributed by atoms with E-state index in [9.17, 15) is 9.90 Å². The van der Waals surface area contributed by atoms with Gasteiger partial charge < -0.3 is 14.9 Å². The van der Waals surface area contributed by atoms with Gasteiger partial charge in [-0.25, -0.2) is 0 Å². The van der Waals surface area contributed by atoms with Gasteiger partial charge in [-0.05, 0) is 18.8 Å². The molecule has 1 fully saturated rings. The number of aliphatic hydroxyl groups excluding tert-OH is 1. The molecule has 0 amide bonds. The lowest BCUT2D eigenvalue weighted by atomic mass is 9.99. The van der Waals surface area contributed by atoms with Crippen molar-refractivity contribution in [2.24, 2.45) is 5.92 Å². The van der Waals surface area contributed by atoms with Gasteiger partial charge in [-0.15, -0.1) is 0 Å². The largest absolute Gasteiger partial charge is 0.481 e. The molecule has 13 heavy (non-hydrogen) atoms. The molecule has 4 heteroatoms. The molecule has 0 aromatic rings. The van der Waals surface area contributed by atoms with Crippen LogP contribution in [-0.2, 0) is 9.53 Å². The quantitative estimate of drug-likeness (QED) is 0.679. The van der Waals surface area contributed by atoms with E-state index in [1.807, 2.05) is 6.92 Å². The van der Waals surface area contributed by atoms with E-state index < -0.39 is 12.1 Å². The molecule has 1 heterocycles. The Hall–Kier alpha value is -0.610. The van der Waals surface area contributed by atoms with Gasteiger partial charge in [0.25, 0.3) is 0 Å². The lowest BCUT2D eigenvalue weighted by Crippen LogP contribution is -2.24. The Balaban J connectivity index is 2.31. The van der Waals surface area contributed by atoms with Crippen LogP contribution < -0.4 is 0 Å². The summed E-state index contributed by atoms with van der Waals surface area (Å²) in [7, 11) is 0. The van der Waals surface area contributed by atoms with Gasteiger partial charge in [0.15, 0.2) is 0 Å². The van der Waals surface area contributed by atoms with E-state index in [0.717, 1.165) is 0 Å². The van der Waals surface area contributed by atoms with Gasteiger partial charge in [-0.2, -0.15) is 0 Å². The van der Waals surface area contributed by atoms with E-state index in [0.29, 0.717) is 19.4 Å². The number of carbonyl (C=O) groups is 1. The van der Waals surface area contributed by atoms with Crippen molar-refractivity contribution in [1.29, 1.82) is 0 Å². The van der Waals surface area contributed by atoms with Gasteiger partial charge in [0.05, 0.1) is 25.2 Å². The highest BCUT2D eigenvalue weighted by molar-refractivity contribution is 5.67. The van der Waals surface area contributed by atoms with Gasteiger partial charge in [0, 0.05) is 0 Å². The standard InChI is InChI=1S/C9H16O4/c1-2-7(10)8-3-6(5-13-8)4-9(11)12/h6-8,10H,2-5H2,1H3,(H,11,12)/t6-,7-,8-/m0/s1. The molecule has 0 aromatic heterocycles. The van der Waals surface area contributed by atoms with E-state index in [1.54, 1.807) is 0 Å². The lowest BCUT2D eigenvalue weighted by Gasteiger charge is -2.14. The summed E-state index contributed by atoms with van der Waals surface area (Å²) in [5, 5.41) is 18.0. The molecule has 1 aliphatic heterocycles. The zero-order chi connectivity index (χ0) is 9.84. The summed E-state index contributed by atoms with van der Waals surface area (Å²) in [4.78, 5) is 10.4.